The first-order valence-corrected chi connectivity index (χ1v) is 21.8. The van der Waals surface area contributed by atoms with Crippen LogP contribution >= 0.6 is 0 Å². The van der Waals surface area contributed by atoms with Gasteiger partial charge in [0.25, 0.3) is 0 Å². The fraction of sp³-hybridized carbons (Fsp3) is 0. The smallest absolute Gasteiger partial charge is 0.164 e. The van der Waals surface area contributed by atoms with Gasteiger partial charge >= 0.3 is 0 Å². The lowest BCUT2D eigenvalue weighted by atomic mass is 9.88. The van der Waals surface area contributed by atoms with Gasteiger partial charge in [0.15, 0.2) is 34.9 Å². The van der Waals surface area contributed by atoms with Crippen molar-refractivity contribution in [2.75, 3.05) is 0 Å². The highest BCUT2D eigenvalue weighted by Gasteiger charge is 2.20. The molecule has 0 aliphatic heterocycles. The van der Waals surface area contributed by atoms with Crippen LogP contribution < -0.4 is 0 Å². The number of rotatable bonds is 10. The van der Waals surface area contributed by atoms with E-state index in [4.69, 9.17) is 29.9 Å². The van der Waals surface area contributed by atoms with Gasteiger partial charge in [-0.1, -0.05) is 200 Å². The Morgan fingerprint density at radius 1 is 0.182 bits per heavy atom. The van der Waals surface area contributed by atoms with Gasteiger partial charge in [0.05, 0.1) is 0 Å². The van der Waals surface area contributed by atoms with Gasteiger partial charge in [-0.15, -0.1) is 0 Å². The summed E-state index contributed by atoms with van der Waals surface area (Å²) in [6.07, 6.45) is 3.65. The Hall–Kier alpha value is -9.07. The molecule has 0 unspecified atom stereocenters. The monoisotopic (exact) mass is 845 g/mol. The van der Waals surface area contributed by atoms with Crippen LogP contribution in [0.1, 0.15) is 0 Å². The van der Waals surface area contributed by atoms with E-state index in [1.165, 1.54) is 0 Å². The minimum atomic E-state index is 0.586. The van der Waals surface area contributed by atoms with Gasteiger partial charge in [-0.05, 0) is 68.8 Å². The summed E-state index contributed by atoms with van der Waals surface area (Å²) in [5.74, 6) is 3.61. The van der Waals surface area contributed by atoms with Crippen LogP contribution in [0, 0.1) is 0 Å². The Morgan fingerprint density at radius 2 is 0.545 bits per heavy atom. The van der Waals surface area contributed by atoms with Crippen molar-refractivity contribution in [2.45, 2.75) is 0 Å². The maximum atomic E-state index is 5.14. The Bertz CT molecular complexity index is 3380. The van der Waals surface area contributed by atoms with E-state index in [0.29, 0.717) is 34.9 Å². The lowest BCUT2D eigenvalue weighted by molar-refractivity contribution is 1.07. The summed E-state index contributed by atoms with van der Waals surface area (Å²) in [5.41, 5.74) is 13.9. The third-order valence-corrected chi connectivity index (χ3v) is 11.5. The topological polar surface area (TPSA) is 90.2 Å². The van der Waals surface area contributed by atoms with Crippen molar-refractivity contribution in [1.82, 2.24) is 34.9 Å². The van der Waals surface area contributed by atoms with E-state index in [2.05, 4.69) is 114 Å². The molecule has 0 aliphatic rings. The standard InChI is InChI=1S/C59H39N7/c1-5-16-40(17-6-1)47-24-15-25-49(38-47)58-63-54(43-18-7-2-8-19-43)61-57(64-58)46-30-28-42(29-31-46)50-33-32-48(41-34-36-60-37-35-41)39-53(50)51-26-13-14-27-52(51)59-65-55(44-20-9-3-10-21-44)62-56(66-59)45-22-11-4-12-23-45/h1-39H. The number of hydrogen-bond acceptors (Lipinski definition) is 7. The summed E-state index contributed by atoms with van der Waals surface area (Å²) < 4.78 is 0. The second-order valence-electron chi connectivity index (χ2n) is 15.8. The molecule has 0 fully saturated rings. The molecule has 8 aromatic carbocycles. The Labute approximate surface area is 383 Å². The first-order valence-electron chi connectivity index (χ1n) is 21.8. The van der Waals surface area contributed by atoms with Crippen LogP contribution in [0.2, 0.25) is 0 Å². The van der Waals surface area contributed by atoms with E-state index in [0.717, 1.165) is 77.9 Å². The molecule has 0 saturated carbocycles. The quantitative estimate of drug-likeness (QED) is 0.135. The maximum Gasteiger partial charge on any atom is 0.164 e. The van der Waals surface area contributed by atoms with Crippen molar-refractivity contribution in [3.05, 3.63) is 237 Å². The van der Waals surface area contributed by atoms with E-state index < -0.39 is 0 Å². The van der Waals surface area contributed by atoms with E-state index >= 15 is 0 Å². The largest absolute Gasteiger partial charge is 0.265 e. The van der Waals surface area contributed by atoms with E-state index in [-0.39, 0.29) is 0 Å². The van der Waals surface area contributed by atoms with Crippen LogP contribution in [0.15, 0.2) is 237 Å². The molecule has 3 aromatic heterocycles. The number of nitrogens with zero attached hydrogens (tertiary/aromatic N) is 7. The van der Waals surface area contributed by atoms with E-state index in [9.17, 15) is 0 Å². The van der Waals surface area contributed by atoms with Gasteiger partial charge in [0.1, 0.15) is 0 Å². The number of benzene rings is 8. The van der Waals surface area contributed by atoms with Gasteiger partial charge in [0.2, 0.25) is 0 Å². The molecule has 7 nitrogen and oxygen atoms in total. The highest BCUT2D eigenvalue weighted by molar-refractivity contribution is 5.93. The summed E-state index contributed by atoms with van der Waals surface area (Å²) in [5, 5.41) is 0. The van der Waals surface area contributed by atoms with Crippen LogP contribution in [0.5, 0.6) is 0 Å². The molecule has 0 N–H and O–H groups in total. The van der Waals surface area contributed by atoms with Gasteiger partial charge < -0.3 is 0 Å². The fourth-order valence-corrected chi connectivity index (χ4v) is 8.20. The number of pyridine rings is 1. The zero-order valence-corrected chi connectivity index (χ0v) is 35.6. The van der Waals surface area contributed by atoms with Gasteiger partial charge in [-0.3, -0.25) is 4.98 Å². The molecule has 0 atom stereocenters. The molecule has 0 aliphatic carbocycles. The number of hydrogen-bond donors (Lipinski definition) is 0. The highest BCUT2D eigenvalue weighted by atomic mass is 15.0. The fourth-order valence-electron chi connectivity index (χ4n) is 8.20. The first kappa shape index (κ1) is 39.8. The SMILES string of the molecule is c1ccc(-c2cccc(-c3nc(-c4ccccc4)nc(-c4ccc(-c5ccc(-c6ccncc6)cc5-c5ccccc5-c5nc(-c6ccccc6)nc(-c6ccccc6)n5)cc4)n3)c2)cc1. The lowest BCUT2D eigenvalue weighted by Gasteiger charge is -2.17. The van der Waals surface area contributed by atoms with Crippen molar-refractivity contribution in [2.24, 2.45) is 0 Å². The van der Waals surface area contributed by atoms with Crippen molar-refractivity contribution in [3.63, 3.8) is 0 Å². The zero-order chi connectivity index (χ0) is 44.1. The lowest BCUT2D eigenvalue weighted by Crippen LogP contribution is -2.01. The van der Waals surface area contributed by atoms with Crippen molar-refractivity contribution < 1.29 is 0 Å². The van der Waals surface area contributed by atoms with Gasteiger partial charge in [-0.25, -0.2) is 29.9 Å². The molecule has 0 saturated heterocycles. The molecular weight excluding hydrogens is 807 g/mol. The summed E-state index contributed by atoms with van der Waals surface area (Å²) in [6, 6.07) is 76.5. The van der Waals surface area contributed by atoms with Crippen molar-refractivity contribution in [1.29, 1.82) is 0 Å². The first-order chi connectivity index (χ1) is 32.7. The van der Waals surface area contributed by atoms with E-state index in [1.807, 2.05) is 128 Å². The zero-order valence-electron chi connectivity index (χ0n) is 35.6. The Kier molecular flexibility index (Phi) is 10.8. The molecule has 11 rings (SSSR count). The van der Waals surface area contributed by atoms with Crippen LogP contribution in [0.4, 0.5) is 0 Å². The predicted octanol–water partition coefficient (Wildman–Crippen LogP) is 14.1. The molecule has 0 radical (unpaired) electrons. The van der Waals surface area contributed by atoms with Crippen LogP contribution in [0.25, 0.3) is 113 Å². The molecule has 0 spiro atoms. The average molecular weight is 846 g/mol. The van der Waals surface area contributed by atoms with Crippen LogP contribution in [-0.2, 0) is 0 Å². The normalized spacial score (nSPS) is 11.0. The summed E-state index contributed by atoms with van der Waals surface area (Å²) >= 11 is 0. The van der Waals surface area contributed by atoms with Gasteiger partial charge in [-0.2, -0.15) is 0 Å². The van der Waals surface area contributed by atoms with Crippen LogP contribution in [-0.4, -0.2) is 34.9 Å². The third-order valence-electron chi connectivity index (χ3n) is 11.5. The molecule has 66 heavy (non-hydrogen) atoms. The molecular formula is C59H39N7. The maximum absolute atomic E-state index is 5.14. The second kappa shape index (κ2) is 18.0. The van der Waals surface area contributed by atoms with Gasteiger partial charge in [0, 0.05) is 45.8 Å². The average Bonchev–Trinajstić information content (AvgIpc) is 3.42. The summed E-state index contributed by atoms with van der Waals surface area (Å²) in [4.78, 5) is 34.7. The summed E-state index contributed by atoms with van der Waals surface area (Å²) in [7, 11) is 0. The molecule has 3 heterocycles. The molecule has 0 amide bonds. The van der Waals surface area contributed by atoms with Crippen LogP contribution in [0.3, 0.4) is 0 Å². The Balaban J connectivity index is 1.04. The predicted molar refractivity (Wildman–Crippen MR) is 265 cm³/mol. The highest BCUT2D eigenvalue weighted by Crippen LogP contribution is 2.41. The Morgan fingerprint density at radius 3 is 1.09 bits per heavy atom. The van der Waals surface area contributed by atoms with E-state index in [1.54, 1.807) is 0 Å². The molecule has 310 valence electrons. The molecule has 0 bridgehead atoms. The molecule has 7 heteroatoms. The third kappa shape index (κ3) is 8.28. The summed E-state index contributed by atoms with van der Waals surface area (Å²) in [6.45, 7) is 0. The van der Waals surface area contributed by atoms with Crippen molar-refractivity contribution in [3.8, 4) is 113 Å². The minimum Gasteiger partial charge on any atom is -0.265 e. The molecule has 11 aromatic rings. The minimum absolute atomic E-state index is 0.586. The second-order valence-corrected chi connectivity index (χ2v) is 15.8. The number of aromatic nitrogens is 7. The van der Waals surface area contributed by atoms with Crippen molar-refractivity contribution >= 4 is 0 Å².